The SMILES string of the molecule is CC1=C(c2nc(-c3ccc(F)cc3)no2)C(c2cccc(F)c2)NC(=S)N1c1ccc(C)c(F)c1. The molecule has 1 unspecified atom stereocenters. The van der Waals surface area contributed by atoms with Gasteiger partial charge in [0.15, 0.2) is 5.11 Å². The minimum atomic E-state index is -0.605. The van der Waals surface area contributed by atoms with Gasteiger partial charge in [-0.15, -0.1) is 0 Å². The maximum Gasteiger partial charge on any atom is 0.258 e. The molecule has 0 aliphatic carbocycles. The van der Waals surface area contributed by atoms with Crippen molar-refractivity contribution < 1.29 is 17.7 Å². The van der Waals surface area contributed by atoms with Crippen LogP contribution >= 0.6 is 12.2 Å². The van der Waals surface area contributed by atoms with Gasteiger partial charge in [0.2, 0.25) is 5.82 Å². The maximum absolute atomic E-state index is 14.4. The van der Waals surface area contributed by atoms with Crippen LogP contribution in [0.15, 0.2) is 77.0 Å². The lowest BCUT2D eigenvalue weighted by Crippen LogP contribution is -2.46. The van der Waals surface area contributed by atoms with Crippen molar-refractivity contribution in [1.29, 1.82) is 0 Å². The summed E-state index contributed by atoms with van der Waals surface area (Å²) in [6.45, 7) is 3.48. The molecule has 0 bridgehead atoms. The third kappa shape index (κ3) is 4.30. The summed E-state index contributed by atoms with van der Waals surface area (Å²) in [6, 6.07) is 16.0. The number of anilines is 1. The first-order valence-corrected chi connectivity index (χ1v) is 11.2. The summed E-state index contributed by atoms with van der Waals surface area (Å²) in [5.74, 6) is -0.729. The van der Waals surface area contributed by atoms with E-state index < -0.39 is 11.9 Å². The molecule has 35 heavy (non-hydrogen) atoms. The number of allylic oxidation sites excluding steroid dienone is 1. The zero-order valence-corrected chi connectivity index (χ0v) is 19.5. The van der Waals surface area contributed by atoms with E-state index in [1.165, 1.54) is 30.3 Å². The molecule has 4 aromatic rings. The van der Waals surface area contributed by atoms with Gasteiger partial charge in [0.25, 0.3) is 5.89 Å². The van der Waals surface area contributed by atoms with Crippen LogP contribution in [0.25, 0.3) is 17.0 Å². The summed E-state index contributed by atoms with van der Waals surface area (Å²) in [4.78, 5) is 6.20. The van der Waals surface area contributed by atoms with Crippen LogP contribution in [0.4, 0.5) is 18.9 Å². The van der Waals surface area contributed by atoms with E-state index in [0.717, 1.165) is 0 Å². The van der Waals surface area contributed by atoms with E-state index >= 15 is 0 Å². The summed E-state index contributed by atoms with van der Waals surface area (Å²) in [5.41, 5.74) is 3.34. The molecular weight excluding hydrogens is 473 g/mol. The van der Waals surface area contributed by atoms with Gasteiger partial charge in [-0.25, -0.2) is 13.2 Å². The molecule has 3 aromatic carbocycles. The number of aryl methyl sites for hydroxylation is 1. The van der Waals surface area contributed by atoms with Gasteiger partial charge in [0.05, 0.1) is 17.3 Å². The lowest BCUT2D eigenvalue weighted by Gasteiger charge is -2.37. The van der Waals surface area contributed by atoms with Crippen LogP contribution in [-0.4, -0.2) is 15.3 Å². The molecule has 5 rings (SSSR count). The van der Waals surface area contributed by atoms with Crippen molar-refractivity contribution >= 4 is 28.6 Å². The third-order valence-corrected chi connectivity index (χ3v) is 6.14. The van der Waals surface area contributed by atoms with E-state index in [1.807, 2.05) is 0 Å². The number of nitrogens with one attached hydrogen (secondary N) is 1. The fourth-order valence-electron chi connectivity index (χ4n) is 4.04. The van der Waals surface area contributed by atoms with Gasteiger partial charge >= 0.3 is 0 Å². The van der Waals surface area contributed by atoms with Crippen LogP contribution < -0.4 is 10.2 Å². The van der Waals surface area contributed by atoms with Crippen LogP contribution in [0.5, 0.6) is 0 Å². The predicted molar refractivity (Wildman–Crippen MR) is 131 cm³/mol. The Morgan fingerprint density at radius 1 is 0.943 bits per heavy atom. The fourth-order valence-corrected chi connectivity index (χ4v) is 4.40. The molecule has 0 fully saturated rings. The molecule has 5 nitrogen and oxygen atoms in total. The molecule has 1 N–H and O–H groups in total. The van der Waals surface area contributed by atoms with Crippen LogP contribution in [0, 0.1) is 24.4 Å². The predicted octanol–water partition coefficient (Wildman–Crippen LogP) is 6.33. The second kappa shape index (κ2) is 8.99. The fraction of sp³-hybridized carbons (Fsp3) is 0.115. The Labute approximate surface area is 204 Å². The largest absolute Gasteiger partial charge is 0.351 e. The van der Waals surface area contributed by atoms with Crippen molar-refractivity contribution in [2.75, 3.05) is 4.90 Å². The second-order valence-corrected chi connectivity index (χ2v) is 8.52. The zero-order valence-electron chi connectivity index (χ0n) is 18.7. The highest BCUT2D eigenvalue weighted by molar-refractivity contribution is 7.80. The van der Waals surface area contributed by atoms with Crippen LogP contribution in [0.3, 0.4) is 0 Å². The average molecular weight is 493 g/mol. The van der Waals surface area contributed by atoms with Gasteiger partial charge in [-0.1, -0.05) is 23.4 Å². The Kier molecular flexibility index (Phi) is 5.86. The number of hydrogen-bond acceptors (Lipinski definition) is 4. The van der Waals surface area contributed by atoms with E-state index in [0.29, 0.717) is 38.8 Å². The summed E-state index contributed by atoms with van der Waals surface area (Å²) in [5, 5.41) is 7.58. The maximum atomic E-state index is 14.4. The monoisotopic (exact) mass is 492 g/mol. The highest BCUT2D eigenvalue weighted by Gasteiger charge is 2.35. The standard InChI is InChI=1S/C26H19F3N4OS/c1-14-6-11-20(13-21(14)29)33-15(2)22(23(30-26(33)35)17-4-3-5-19(28)12-17)25-31-24(32-34-25)16-7-9-18(27)10-8-16/h3-13,23H,1-2H3,(H,30,35). The molecule has 0 spiro atoms. The smallest absolute Gasteiger partial charge is 0.258 e. The second-order valence-electron chi connectivity index (χ2n) is 8.14. The third-order valence-electron chi connectivity index (χ3n) is 5.84. The highest BCUT2D eigenvalue weighted by atomic mass is 32.1. The molecular formula is C26H19F3N4OS. The van der Waals surface area contributed by atoms with Gasteiger partial charge in [-0.2, -0.15) is 4.98 Å². The van der Waals surface area contributed by atoms with Gasteiger partial charge in [-0.3, -0.25) is 4.90 Å². The number of benzene rings is 3. The quantitative estimate of drug-likeness (QED) is 0.336. The minimum Gasteiger partial charge on any atom is -0.351 e. The van der Waals surface area contributed by atoms with Crippen molar-refractivity contribution in [2.24, 2.45) is 0 Å². The van der Waals surface area contributed by atoms with E-state index in [2.05, 4.69) is 15.5 Å². The number of hydrogen-bond donors (Lipinski definition) is 1. The molecule has 1 aliphatic heterocycles. The normalized spacial score (nSPS) is 16.0. The number of aromatic nitrogens is 2. The zero-order chi connectivity index (χ0) is 24.7. The molecule has 1 atom stereocenters. The number of halogens is 3. The molecule has 1 aromatic heterocycles. The van der Waals surface area contributed by atoms with Crippen LogP contribution in [-0.2, 0) is 0 Å². The van der Waals surface area contributed by atoms with Crippen molar-refractivity contribution in [1.82, 2.24) is 15.5 Å². The molecule has 0 radical (unpaired) electrons. The Morgan fingerprint density at radius 3 is 2.43 bits per heavy atom. The van der Waals surface area contributed by atoms with Crippen molar-refractivity contribution in [3.8, 4) is 11.4 Å². The average Bonchev–Trinajstić information content (AvgIpc) is 3.31. The molecule has 176 valence electrons. The molecule has 0 amide bonds. The van der Waals surface area contributed by atoms with Crippen molar-refractivity contribution in [2.45, 2.75) is 19.9 Å². The summed E-state index contributed by atoms with van der Waals surface area (Å²) in [6.07, 6.45) is 0. The van der Waals surface area contributed by atoms with E-state index in [9.17, 15) is 13.2 Å². The topological polar surface area (TPSA) is 54.2 Å². The first-order valence-electron chi connectivity index (χ1n) is 10.7. The Hall–Kier alpha value is -3.98. The summed E-state index contributed by atoms with van der Waals surface area (Å²) in [7, 11) is 0. The van der Waals surface area contributed by atoms with E-state index in [-0.39, 0.29) is 23.3 Å². The van der Waals surface area contributed by atoms with E-state index in [1.54, 1.807) is 55.1 Å². The summed E-state index contributed by atoms with van der Waals surface area (Å²) >= 11 is 5.63. The van der Waals surface area contributed by atoms with Crippen molar-refractivity contribution in [3.63, 3.8) is 0 Å². The van der Waals surface area contributed by atoms with Gasteiger partial charge < -0.3 is 9.84 Å². The first kappa shape index (κ1) is 22.8. The Bertz CT molecular complexity index is 1470. The first-order chi connectivity index (χ1) is 16.8. The van der Waals surface area contributed by atoms with Crippen LogP contribution in [0.2, 0.25) is 0 Å². The minimum absolute atomic E-state index is 0.170. The van der Waals surface area contributed by atoms with Gasteiger partial charge in [-0.05, 0) is 85.7 Å². The Morgan fingerprint density at radius 2 is 1.71 bits per heavy atom. The highest BCUT2D eigenvalue weighted by Crippen LogP contribution is 2.39. The van der Waals surface area contributed by atoms with Gasteiger partial charge in [0, 0.05) is 11.3 Å². The molecule has 0 saturated heterocycles. The van der Waals surface area contributed by atoms with Crippen molar-refractivity contribution in [3.05, 3.63) is 107 Å². The van der Waals surface area contributed by atoms with E-state index in [4.69, 9.17) is 16.7 Å². The molecule has 1 aliphatic rings. The number of nitrogens with zero attached hydrogens (tertiary/aromatic N) is 3. The lowest BCUT2D eigenvalue weighted by molar-refractivity contribution is 0.404. The number of thiocarbonyl (C=S) groups is 1. The van der Waals surface area contributed by atoms with Crippen LogP contribution in [0.1, 0.15) is 30.0 Å². The summed E-state index contributed by atoms with van der Waals surface area (Å²) < 4.78 is 47.5. The number of rotatable bonds is 4. The van der Waals surface area contributed by atoms with Gasteiger partial charge in [0.1, 0.15) is 17.5 Å². The molecule has 2 heterocycles. The Balaban J connectivity index is 1.66. The lowest BCUT2D eigenvalue weighted by atomic mass is 9.94. The molecule has 0 saturated carbocycles. The molecule has 9 heteroatoms.